The van der Waals surface area contributed by atoms with E-state index in [-0.39, 0.29) is 59.1 Å². The van der Waals surface area contributed by atoms with Crippen LogP contribution in [-0.4, -0.2) is 77.5 Å². The van der Waals surface area contributed by atoms with Gasteiger partial charge >= 0.3 is 12.2 Å². The summed E-state index contributed by atoms with van der Waals surface area (Å²) in [5.41, 5.74) is 8.91. The molecule has 10 nitrogen and oxygen atoms in total. The first kappa shape index (κ1) is 49.9. The second-order valence-electron chi connectivity index (χ2n) is 17.2. The van der Waals surface area contributed by atoms with E-state index >= 15 is 0 Å². The van der Waals surface area contributed by atoms with Crippen LogP contribution in [0.2, 0.25) is 0 Å². The molecule has 4 aromatic carbocycles. The highest BCUT2D eigenvalue weighted by Crippen LogP contribution is 2.45. The quantitative estimate of drug-likeness (QED) is 0.112. The summed E-state index contributed by atoms with van der Waals surface area (Å²) in [4.78, 5) is 36.6. The van der Waals surface area contributed by atoms with Crippen LogP contribution in [0.1, 0.15) is 103 Å². The monoisotopic (exact) mass is 881 g/mol. The Morgan fingerprint density at radius 2 is 0.952 bits per heavy atom. The van der Waals surface area contributed by atoms with Crippen LogP contribution in [0.25, 0.3) is 22.3 Å². The summed E-state index contributed by atoms with van der Waals surface area (Å²) < 4.78 is 23.2. The number of nitriles is 1. The van der Waals surface area contributed by atoms with Crippen LogP contribution in [0.3, 0.4) is 0 Å². The summed E-state index contributed by atoms with van der Waals surface area (Å²) in [7, 11) is 0. The summed E-state index contributed by atoms with van der Waals surface area (Å²) in [5, 5.41) is 13.1. The van der Waals surface area contributed by atoms with Gasteiger partial charge in [-0.3, -0.25) is 4.79 Å². The van der Waals surface area contributed by atoms with E-state index in [1.807, 2.05) is 104 Å². The van der Waals surface area contributed by atoms with Gasteiger partial charge in [-0.15, -0.1) is 0 Å². The molecule has 12 heteroatoms. The number of ether oxygens (including phenoxy) is 4. The van der Waals surface area contributed by atoms with Crippen molar-refractivity contribution in [2.45, 2.75) is 117 Å². The van der Waals surface area contributed by atoms with Gasteiger partial charge in [0.05, 0.1) is 41.6 Å². The van der Waals surface area contributed by atoms with E-state index in [4.69, 9.17) is 24.2 Å². The van der Waals surface area contributed by atoms with E-state index in [9.17, 15) is 14.4 Å². The summed E-state index contributed by atoms with van der Waals surface area (Å²) in [6.07, 6.45) is -1.38. The van der Waals surface area contributed by atoms with Gasteiger partial charge in [0.2, 0.25) is 0 Å². The Morgan fingerprint density at radius 1 is 0.645 bits per heavy atom. The minimum Gasteiger partial charge on any atom is -0.449 e. The largest absolute Gasteiger partial charge is 0.449 e. The lowest BCUT2D eigenvalue weighted by molar-refractivity contribution is -0.109. The maximum absolute atomic E-state index is 12.7. The van der Waals surface area contributed by atoms with Gasteiger partial charge < -0.3 is 29.6 Å². The van der Waals surface area contributed by atoms with Gasteiger partial charge in [0, 0.05) is 37.2 Å². The van der Waals surface area contributed by atoms with Gasteiger partial charge in [0.25, 0.3) is 0 Å². The first-order valence-electron chi connectivity index (χ1n) is 21.0. The molecule has 0 spiro atoms. The third kappa shape index (κ3) is 14.4. The number of benzene rings is 4. The van der Waals surface area contributed by atoms with E-state index < -0.39 is 12.2 Å². The van der Waals surface area contributed by atoms with Crippen LogP contribution in [0.15, 0.2) is 97.1 Å². The van der Waals surface area contributed by atoms with E-state index in [1.165, 1.54) is 70.1 Å². The van der Waals surface area contributed by atoms with Crippen LogP contribution in [0.4, 0.5) is 9.59 Å². The first-order valence-corrected chi connectivity index (χ1v) is 22.6. The van der Waals surface area contributed by atoms with Crippen molar-refractivity contribution in [1.82, 2.24) is 10.6 Å². The molecule has 0 heterocycles. The second kappa shape index (κ2) is 23.0. The Balaban J connectivity index is 0.000000257. The maximum Gasteiger partial charge on any atom is 0.407 e. The van der Waals surface area contributed by atoms with Gasteiger partial charge in [0.1, 0.15) is 13.2 Å². The van der Waals surface area contributed by atoms with Crippen LogP contribution in [0.5, 0.6) is 0 Å². The Morgan fingerprint density at radius 3 is 1.26 bits per heavy atom. The highest BCUT2D eigenvalue weighted by molar-refractivity contribution is 8.13. The molecule has 0 saturated carbocycles. The minimum atomic E-state index is -0.500. The Bertz CT molecular complexity index is 2070. The molecule has 0 unspecified atom stereocenters. The molecule has 0 saturated heterocycles. The van der Waals surface area contributed by atoms with Crippen molar-refractivity contribution in [3.05, 3.63) is 119 Å². The number of amides is 2. The first-order chi connectivity index (χ1) is 29.4. The molecular formula is C50H63N3O7S2. The highest BCUT2D eigenvalue weighted by atomic mass is 32.2. The van der Waals surface area contributed by atoms with Crippen molar-refractivity contribution in [2.75, 3.05) is 24.7 Å². The number of rotatable bonds is 13. The highest BCUT2D eigenvalue weighted by Gasteiger charge is 2.32. The van der Waals surface area contributed by atoms with Crippen molar-refractivity contribution >= 4 is 41.7 Å². The maximum atomic E-state index is 12.7. The lowest BCUT2D eigenvalue weighted by Crippen LogP contribution is -2.47. The number of thioether (sulfide) groups is 1. The average Bonchev–Trinajstić information content (AvgIpc) is 3.71. The second-order valence-corrected chi connectivity index (χ2v) is 18.8. The molecule has 0 aliphatic heterocycles. The standard InChI is InChI=1S/C25H31NO4S.C23H29NO3S.C2H3N/c1-16(30-25(3,4)5)23(15-31-17(2)27)26-24(28)29-14-22-20-12-8-6-10-18(20)19-11-7-9-13-21(19)22;1-15(27-23(2,3)4)21(14-28)24-22(25)26-13-20-18-11-7-5-9-16(18)17-10-6-8-12-19(17)20;1-2-3/h6-13,16,22-23H,14-15H2,1-5H3,(H,26,28);5-12,15,20-21,28H,13-14H2,1-4H3,(H,24,25);1H3/t16-,23-;15-,21-;/m11./s1. The van der Waals surface area contributed by atoms with E-state index in [1.54, 1.807) is 6.07 Å². The summed E-state index contributed by atoms with van der Waals surface area (Å²) in [5.74, 6) is 0.959. The zero-order valence-corrected chi connectivity index (χ0v) is 39.4. The van der Waals surface area contributed by atoms with Gasteiger partial charge in [-0.25, -0.2) is 9.59 Å². The molecule has 2 N–H and O–H groups in total. The normalized spacial score (nSPS) is 14.6. The van der Waals surface area contributed by atoms with Gasteiger partial charge in [-0.1, -0.05) is 109 Å². The lowest BCUT2D eigenvalue weighted by atomic mass is 9.98. The van der Waals surface area contributed by atoms with Crippen molar-refractivity contribution in [3.63, 3.8) is 0 Å². The third-order valence-corrected chi connectivity index (χ3v) is 11.5. The number of carbonyl (C=O) groups is 3. The molecule has 2 aliphatic rings. The summed E-state index contributed by atoms with van der Waals surface area (Å²) in [6.45, 7) is 19.2. The number of fused-ring (bicyclic) bond motifs is 6. The van der Waals surface area contributed by atoms with Crippen molar-refractivity contribution < 1.29 is 33.3 Å². The third-order valence-electron chi connectivity index (χ3n) is 10.2. The lowest BCUT2D eigenvalue weighted by Gasteiger charge is -2.31. The minimum absolute atomic E-state index is 0.00213. The predicted octanol–water partition coefficient (Wildman–Crippen LogP) is 10.9. The fourth-order valence-corrected chi connectivity index (χ4v) is 8.83. The van der Waals surface area contributed by atoms with Crippen LogP contribution in [0, 0.1) is 11.3 Å². The molecule has 0 aromatic heterocycles. The average molecular weight is 882 g/mol. The summed E-state index contributed by atoms with van der Waals surface area (Å²) >= 11 is 5.53. The molecule has 4 aromatic rings. The SMILES string of the molecule is CC#N.CC(=O)SC[C@@H](NC(=O)OCC1c2ccccc2-c2ccccc21)[C@@H](C)OC(C)(C)C.C[C@@H](OC(C)(C)C)[C@@H](CS)NC(=O)OCC1c2ccccc2-c2ccccc21. The van der Waals surface area contributed by atoms with Crippen molar-refractivity contribution in [3.8, 4) is 28.3 Å². The number of nitrogens with one attached hydrogen (secondary N) is 2. The van der Waals surface area contributed by atoms with Crippen molar-refractivity contribution in [2.24, 2.45) is 0 Å². The molecule has 6 rings (SSSR count). The van der Waals surface area contributed by atoms with E-state index in [0.29, 0.717) is 18.1 Å². The molecule has 62 heavy (non-hydrogen) atoms. The molecule has 0 radical (unpaired) electrons. The smallest absolute Gasteiger partial charge is 0.407 e. The molecule has 0 fully saturated rings. The fraction of sp³-hybridized carbons (Fsp3) is 0.440. The molecule has 2 amide bonds. The Kier molecular flexibility index (Phi) is 18.5. The van der Waals surface area contributed by atoms with Gasteiger partial charge in [-0.05, 0) is 99.9 Å². The number of alkyl carbamates (subject to hydrolysis) is 2. The molecule has 2 aliphatic carbocycles. The summed E-state index contributed by atoms with van der Waals surface area (Å²) in [6, 6.07) is 34.3. The zero-order chi connectivity index (χ0) is 45.6. The molecule has 0 bridgehead atoms. The molecule has 4 atom stereocenters. The molecular weight excluding hydrogens is 819 g/mol. The van der Waals surface area contributed by atoms with Gasteiger partial charge in [-0.2, -0.15) is 17.9 Å². The Labute approximate surface area is 378 Å². The Hall–Kier alpha value is -4.80. The molecule has 332 valence electrons. The number of hydrogen-bond acceptors (Lipinski definition) is 10. The topological polar surface area (TPSA) is 136 Å². The number of thiol groups is 1. The zero-order valence-electron chi connectivity index (χ0n) is 37.7. The van der Waals surface area contributed by atoms with Crippen LogP contribution < -0.4 is 10.6 Å². The van der Waals surface area contributed by atoms with Crippen molar-refractivity contribution in [1.29, 1.82) is 5.26 Å². The van der Waals surface area contributed by atoms with E-state index in [0.717, 1.165) is 0 Å². The van der Waals surface area contributed by atoms with Crippen LogP contribution >= 0.6 is 24.4 Å². The van der Waals surface area contributed by atoms with E-state index in [2.05, 4.69) is 71.8 Å². The fourth-order valence-electron chi connectivity index (χ4n) is 7.68. The number of nitrogens with zero attached hydrogens (tertiary/aromatic N) is 1. The number of hydrogen-bond donors (Lipinski definition) is 3. The predicted molar refractivity (Wildman–Crippen MR) is 253 cm³/mol. The van der Waals surface area contributed by atoms with Gasteiger partial charge in [0.15, 0.2) is 5.12 Å². The van der Waals surface area contributed by atoms with Crippen LogP contribution in [-0.2, 0) is 23.7 Å². The number of carbonyl (C=O) groups excluding carboxylic acids is 3.